The van der Waals surface area contributed by atoms with E-state index < -0.39 is 10.0 Å². The summed E-state index contributed by atoms with van der Waals surface area (Å²) in [6, 6.07) is 13.2. The van der Waals surface area contributed by atoms with E-state index >= 15 is 0 Å². The molecule has 1 saturated carbocycles. The zero-order chi connectivity index (χ0) is 20.2. The maximum Gasteiger partial charge on any atom is 0.264 e. The molecule has 29 heavy (non-hydrogen) atoms. The minimum atomic E-state index is -3.63. The lowest BCUT2D eigenvalue weighted by molar-refractivity contribution is -0.137. The van der Waals surface area contributed by atoms with Gasteiger partial charge in [0.05, 0.1) is 10.6 Å². The van der Waals surface area contributed by atoms with Crippen LogP contribution in [-0.2, 0) is 34.2 Å². The number of nitrogens with zero attached hydrogens (tertiary/aromatic N) is 2. The molecule has 0 radical (unpaired) electrons. The number of anilines is 1. The monoisotopic (exact) mass is 410 g/mol. The molecule has 2 aromatic rings. The lowest BCUT2D eigenvalue weighted by Gasteiger charge is -2.33. The van der Waals surface area contributed by atoms with E-state index in [1.165, 1.54) is 0 Å². The number of hydrogen-bond donors (Lipinski definition) is 0. The predicted molar refractivity (Wildman–Crippen MR) is 112 cm³/mol. The first kappa shape index (κ1) is 18.7. The molecule has 0 spiro atoms. The lowest BCUT2D eigenvalue weighted by Crippen LogP contribution is -2.40. The van der Waals surface area contributed by atoms with Gasteiger partial charge in [0.1, 0.15) is 0 Å². The predicted octanol–water partition coefficient (Wildman–Crippen LogP) is 3.51. The first-order valence-electron chi connectivity index (χ1n) is 10.4. The Bertz CT molecular complexity index is 1090. The van der Waals surface area contributed by atoms with Crippen LogP contribution in [0, 0.1) is 5.41 Å². The number of benzene rings is 2. The van der Waals surface area contributed by atoms with Crippen LogP contribution in [0.1, 0.15) is 42.9 Å². The Morgan fingerprint density at radius 2 is 1.76 bits per heavy atom. The minimum absolute atomic E-state index is 0.196. The van der Waals surface area contributed by atoms with Gasteiger partial charge in [-0.15, -0.1) is 0 Å². The van der Waals surface area contributed by atoms with Crippen molar-refractivity contribution in [3.8, 4) is 0 Å². The van der Waals surface area contributed by atoms with Crippen LogP contribution in [0.25, 0.3) is 0 Å². The maximum absolute atomic E-state index is 13.5. The van der Waals surface area contributed by atoms with Crippen LogP contribution in [-0.4, -0.2) is 32.3 Å². The molecule has 0 bridgehead atoms. The molecule has 0 unspecified atom stereocenters. The summed E-state index contributed by atoms with van der Waals surface area (Å²) in [4.78, 5) is 15.0. The van der Waals surface area contributed by atoms with Gasteiger partial charge in [-0.25, -0.2) is 8.42 Å². The number of fused-ring (bicyclic) bond motifs is 2. The molecule has 1 aliphatic carbocycles. The summed E-state index contributed by atoms with van der Waals surface area (Å²) < 4.78 is 28.5. The molecule has 0 aromatic heterocycles. The fraction of sp³-hybridized carbons (Fsp3) is 0.435. The normalized spacial score (nSPS) is 20.0. The third-order valence-corrected chi connectivity index (χ3v) is 8.46. The molecule has 6 heteroatoms. The van der Waals surface area contributed by atoms with E-state index in [-0.39, 0.29) is 11.3 Å². The highest BCUT2D eigenvalue weighted by molar-refractivity contribution is 7.92. The lowest BCUT2D eigenvalue weighted by atomic mass is 9.98. The molecule has 5 rings (SSSR count). The quantitative estimate of drug-likeness (QED) is 0.778. The van der Waals surface area contributed by atoms with Crippen LogP contribution in [0.15, 0.2) is 47.4 Å². The van der Waals surface area contributed by atoms with Crippen LogP contribution < -0.4 is 4.31 Å². The number of rotatable bonds is 3. The van der Waals surface area contributed by atoms with E-state index in [2.05, 4.69) is 0 Å². The summed E-state index contributed by atoms with van der Waals surface area (Å²) >= 11 is 0. The first-order chi connectivity index (χ1) is 13.9. The van der Waals surface area contributed by atoms with Gasteiger partial charge in [0.2, 0.25) is 5.91 Å². The second kappa shape index (κ2) is 6.59. The average Bonchev–Trinajstić information content (AvgIpc) is 3.50. The molecule has 2 aromatic carbocycles. The zero-order valence-electron chi connectivity index (χ0n) is 16.7. The third-order valence-electron chi connectivity index (χ3n) is 6.65. The Morgan fingerprint density at radius 1 is 0.966 bits per heavy atom. The summed E-state index contributed by atoms with van der Waals surface area (Å²) in [5, 5.41) is 0. The smallest absolute Gasteiger partial charge is 0.264 e. The van der Waals surface area contributed by atoms with Crippen molar-refractivity contribution in [1.29, 1.82) is 0 Å². The van der Waals surface area contributed by atoms with E-state index in [1.54, 1.807) is 16.4 Å². The molecule has 2 heterocycles. The first-order valence-corrected chi connectivity index (χ1v) is 11.8. The van der Waals surface area contributed by atoms with Gasteiger partial charge >= 0.3 is 0 Å². The molecule has 3 aliphatic rings. The van der Waals surface area contributed by atoms with Crippen molar-refractivity contribution >= 4 is 21.6 Å². The van der Waals surface area contributed by atoms with Gasteiger partial charge in [-0.3, -0.25) is 9.10 Å². The molecule has 0 saturated heterocycles. The van der Waals surface area contributed by atoms with E-state index in [0.717, 1.165) is 54.5 Å². The molecular weight excluding hydrogens is 384 g/mol. The Labute approximate surface area is 172 Å². The molecule has 1 amide bonds. The topological polar surface area (TPSA) is 57.7 Å². The van der Waals surface area contributed by atoms with Crippen molar-refractivity contribution in [2.75, 3.05) is 17.4 Å². The van der Waals surface area contributed by atoms with E-state index in [9.17, 15) is 13.2 Å². The van der Waals surface area contributed by atoms with Gasteiger partial charge in [0, 0.05) is 25.0 Å². The highest BCUT2D eigenvalue weighted by Gasteiger charge is 2.47. The molecule has 152 valence electrons. The van der Waals surface area contributed by atoms with E-state index in [0.29, 0.717) is 24.5 Å². The summed E-state index contributed by atoms with van der Waals surface area (Å²) in [6.07, 6.45) is 4.42. The van der Waals surface area contributed by atoms with Gasteiger partial charge in [0.15, 0.2) is 0 Å². The van der Waals surface area contributed by atoms with Crippen LogP contribution >= 0.6 is 0 Å². The second-order valence-corrected chi connectivity index (χ2v) is 10.6. The van der Waals surface area contributed by atoms with Crippen LogP contribution in [0.2, 0.25) is 0 Å². The number of amides is 1. The number of carbonyl (C=O) groups excluding carboxylic acids is 1. The molecule has 0 atom stereocenters. The Kier molecular flexibility index (Phi) is 4.24. The SMILES string of the molecule is CC1(C(=O)N2CCc3ccc(S(=O)(=O)N4CCCc5ccccc54)cc3C2)CC1. The maximum atomic E-state index is 13.5. The Hall–Kier alpha value is -2.34. The largest absolute Gasteiger partial charge is 0.338 e. The fourth-order valence-electron chi connectivity index (χ4n) is 4.53. The molecule has 1 fully saturated rings. The number of sulfonamides is 1. The standard InChI is InChI=1S/C23H26N2O3S/c1-23(11-12-23)22(26)24-14-10-17-8-9-20(15-19(17)16-24)29(27,28)25-13-4-6-18-5-2-3-7-21(18)25/h2-3,5,7-9,15H,4,6,10-14,16H2,1H3. The van der Waals surface area contributed by atoms with Gasteiger partial charge < -0.3 is 4.90 Å². The molecule has 0 N–H and O–H groups in total. The van der Waals surface area contributed by atoms with Crippen molar-refractivity contribution in [1.82, 2.24) is 4.90 Å². The summed E-state index contributed by atoms with van der Waals surface area (Å²) in [5.74, 6) is 0.210. The highest BCUT2D eigenvalue weighted by atomic mass is 32.2. The average molecular weight is 411 g/mol. The van der Waals surface area contributed by atoms with Crippen molar-refractivity contribution in [3.63, 3.8) is 0 Å². The van der Waals surface area contributed by atoms with E-state index in [1.807, 2.05) is 42.2 Å². The third kappa shape index (κ3) is 3.14. The summed E-state index contributed by atoms with van der Waals surface area (Å²) in [6.45, 7) is 3.75. The van der Waals surface area contributed by atoms with Crippen molar-refractivity contribution in [3.05, 3.63) is 59.2 Å². The van der Waals surface area contributed by atoms with Crippen molar-refractivity contribution in [2.24, 2.45) is 5.41 Å². The van der Waals surface area contributed by atoms with Crippen molar-refractivity contribution < 1.29 is 13.2 Å². The minimum Gasteiger partial charge on any atom is -0.338 e. The van der Waals surface area contributed by atoms with Crippen LogP contribution in [0.5, 0.6) is 0 Å². The van der Waals surface area contributed by atoms with Crippen LogP contribution in [0.4, 0.5) is 5.69 Å². The van der Waals surface area contributed by atoms with Gasteiger partial charge in [-0.05, 0) is 67.0 Å². The van der Waals surface area contributed by atoms with E-state index in [4.69, 9.17) is 0 Å². The summed E-state index contributed by atoms with van der Waals surface area (Å²) in [7, 11) is -3.63. The Balaban J connectivity index is 1.46. The molecule has 2 aliphatic heterocycles. The van der Waals surface area contributed by atoms with Crippen molar-refractivity contribution in [2.45, 2.75) is 50.5 Å². The number of aryl methyl sites for hydroxylation is 1. The van der Waals surface area contributed by atoms with Gasteiger partial charge in [-0.2, -0.15) is 0 Å². The van der Waals surface area contributed by atoms with Crippen LogP contribution in [0.3, 0.4) is 0 Å². The molecule has 5 nitrogen and oxygen atoms in total. The fourth-order valence-corrected chi connectivity index (χ4v) is 6.12. The molecular formula is C23H26N2O3S. The van der Waals surface area contributed by atoms with Gasteiger partial charge in [-0.1, -0.05) is 31.2 Å². The summed E-state index contributed by atoms with van der Waals surface area (Å²) in [5.41, 5.74) is 3.77. The zero-order valence-corrected chi connectivity index (χ0v) is 17.5. The number of para-hydroxylation sites is 1. The Morgan fingerprint density at radius 3 is 2.55 bits per heavy atom. The highest BCUT2D eigenvalue weighted by Crippen LogP contribution is 2.47. The van der Waals surface area contributed by atoms with Gasteiger partial charge in [0.25, 0.3) is 10.0 Å². The number of hydrogen-bond acceptors (Lipinski definition) is 3. The number of carbonyl (C=O) groups is 1. The second-order valence-electron chi connectivity index (χ2n) is 8.78.